The Morgan fingerprint density at radius 1 is 1.33 bits per heavy atom. The van der Waals surface area contributed by atoms with Crippen LogP contribution in [-0.2, 0) is 4.79 Å². The summed E-state index contributed by atoms with van der Waals surface area (Å²) in [5, 5.41) is 11.7. The van der Waals surface area contributed by atoms with E-state index in [1.54, 1.807) is 0 Å². The van der Waals surface area contributed by atoms with E-state index in [1.807, 2.05) is 31.2 Å². The average Bonchev–Trinajstić information content (AvgIpc) is 2.46. The van der Waals surface area contributed by atoms with Gasteiger partial charge >= 0.3 is 12.0 Å². The monoisotopic (exact) mass is 292 g/mol. The maximum atomic E-state index is 12.4. The summed E-state index contributed by atoms with van der Waals surface area (Å²) in [6.45, 7) is 6.79. The molecule has 0 aliphatic carbocycles. The highest BCUT2D eigenvalue weighted by Gasteiger charge is 2.18. The normalized spacial score (nSPS) is 11.8. The van der Waals surface area contributed by atoms with Gasteiger partial charge in [0.05, 0.1) is 6.42 Å². The molecule has 1 atom stereocenters. The number of para-hydroxylation sites is 1. The predicted octanol–water partition coefficient (Wildman–Crippen LogP) is 3.03. The first-order chi connectivity index (χ1) is 9.95. The molecule has 0 aliphatic rings. The third kappa shape index (κ3) is 5.45. The summed E-state index contributed by atoms with van der Waals surface area (Å²) in [5.41, 5.74) is 1.70. The summed E-state index contributed by atoms with van der Waals surface area (Å²) >= 11 is 0. The zero-order valence-electron chi connectivity index (χ0n) is 12.9. The van der Waals surface area contributed by atoms with Gasteiger partial charge in [-0.2, -0.15) is 0 Å². The highest BCUT2D eigenvalue weighted by Crippen LogP contribution is 2.20. The predicted molar refractivity (Wildman–Crippen MR) is 83.6 cm³/mol. The summed E-state index contributed by atoms with van der Waals surface area (Å²) in [5.74, 6) is -0.518. The first-order valence-corrected chi connectivity index (χ1v) is 7.28. The number of carboxylic acid groups (broad SMARTS) is 1. The molecular formula is C16H24N2O3. The topological polar surface area (TPSA) is 69.6 Å². The van der Waals surface area contributed by atoms with Gasteiger partial charge in [-0.15, -0.1) is 0 Å². The third-order valence-corrected chi connectivity index (χ3v) is 3.50. The van der Waals surface area contributed by atoms with Crippen molar-refractivity contribution in [2.24, 2.45) is 5.92 Å². The second-order valence-corrected chi connectivity index (χ2v) is 5.28. The number of anilines is 1. The van der Waals surface area contributed by atoms with Gasteiger partial charge in [0.25, 0.3) is 0 Å². The van der Waals surface area contributed by atoms with Gasteiger partial charge in [0.1, 0.15) is 0 Å². The van der Waals surface area contributed by atoms with Gasteiger partial charge in [0.15, 0.2) is 0 Å². The summed E-state index contributed by atoms with van der Waals surface area (Å²) < 4.78 is 0. The van der Waals surface area contributed by atoms with Crippen LogP contribution in [0, 0.1) is 12.8 Å². The number of benzene rings is 1. The van der Waals surface area contributed by atoms with Crippen LogP contribution in [0.5, 0.6) is 0 Å². The quantitative estimate of drug-likeness (QED) is 0.811. The Labute approximate surface area is 126 Å². The number of rotatable bonds is 7. The molecule has 0 spiro atoms. The summed E-state index contributed by atoms with van der Waals surface area (Å²) in [6, 6.07) is 7.24. The Balaban J connectivity index is 2.84. The van der Waals surface area contributed by atoms with Crippen LogP contribution in [0.3, 0.4) is 0 Å². The zero-order valence-corrected chi connectivity index (χ0v) is 12.9. The fourth-order valence-electron chi connectivity index (χ4n) is 1.91. The molecule has 0 heterocycles. The van der Waals surface area contributed by atoms with Crippen LogP contribution in [0.15, 0.2) is 24.3 Å². The number of nitrogens with zero attached hydrogens (tertiary/aromatic N) is 1. The number of amides is 2. The Kier molecular flexibility index (Phi) is 6.72. The molecule has 0 bridgehead atoms. The molecule has 1 rings (SSSR count). The molecule has 0 aliphatic heterocycles. The van der Waals surface area contributed by atoms with E-state index in [9.17, 15) is 9.59 Å². The molecule has 1 aromatic carbocycles. The van der Waals surface area contributed by atoms with E-state index in [0.717, 1.165) is 17.7 Å². The van der Waals surface area contributed by atoms with Crippen molar-refractivity contribution in [2.75, 3.05) is 18.0 Å². The summed E-state index contributed by atoms with van der Waals surface area (Å²) in [7, 11) is 0. The number of aryl methyl sites for hydroxylation is 1. The number of aliphatic carboxylic acids is 1. The third-order valence-electron chi connectivity index (χ3n) is 3.50. The minimum atomic E-state index is -0.914. The van der Waals surface area contributed by atoms with Crippen LogP contribution < -0.4 is 10.2 Å². The standard InChI is InChI=1S/C16H24N2O3/c1-4-12(2)11-17-16(21)18(10-9-15(19)20)14-8-6-5-7-13(14)3/h5-8,12H,4,9-11H2,1-3H3,(H,17,21)(H,19,20). The molecule has 0 saturated heterocycles. The van der Waals surface area contributed by atoms with E-state index in [1.165, 1.54) is 4.90 Å². The summed E-state index contributed by atoms with van der Waals surface area (Å²) in [4.78, 5) is 24.7. The number of urea groups is 1. The minimum Gasteiger partial charge on any atom is -0.481 e. The van der Waals surface area contributed by atoms with Crippen LogP contribution in [0.2, 0.25) is 0 Å². The van der Waals surface area contributed by atoms with Gasteiger partial charge in [-0.3, -0.25) is 9.69 Å². The van der Waals surface area contributed by atoms with Crippen molar-refractivity contribution in [1.82, 2.24) is 5.32 Å². The van der Waals surface area contributed by atoms with Crippen molar-refractivity contribution in [3.8, 4) is 0 Å². The molecule has 5 nitrogen and oxygen atoms in total. The SMILES string of the molecule is CCC(C)CNC(=O)N(CCC(=O)O)c1ccccc1C. The van der Waals surface area contributed by atoms with Gasteiger partial charge in [-0.05, 0) is 24.5 Å². The fraction of sp³-hybridized carbons (Fsp3) is 0.500. The highest BCUT2D eigenvalue weighted by molar-refractivity contribution is 5.93. The van der Waals surface area contributed by atoms with Gasteiger partial charge in [0.2, 0.25) is 0 Å². The Morgan fingerprint density at radius 2 is 2.00 bits per heavy atom. The van der Waals surface area contributed by atoms with Crippen molar-refractivity contribution in [3.05, 3.63) is 29.8 Å². The van der Waals surface area contributed by atoms with Crippen molar-refractivity contribution in [2.45, 2.75) is 33.6 Å². The van der Waals surface area contributed by atoms with E-state index in [-0.39, 0.29) is 19.0 Å². The Morgan fingerprint density at radius 3 is 2.57 bits per heavy atom. The summed E-state index contributed by atoms with van der Waals surface area (Å²) in [6.07, 6.45) is 0.908. The number of hydrogen-bond acceptors (Lipinski definition) is 2. The van der Waals surface area contributed by atoms with Crippen LogP contribution >= 0.6 is 0 Å². The smallest absolute Gasteiger partial charge is 0.321 e. The molecule has 2 N–H and O–H groups in total. The molecule has 0 radical (unpaired) electrons. The lowest BCUT2D eigenvalue weighted by molar-refractivity contribution is -0.136. The Hall–Kier alpha value is -2.04. The lowest BCUT2D eigenvalue weighted by Crippen LogP contribution is -2.43. The van der Waals surface area contributed by atoms with E-state index < -0.39 is 5.97 Å². The average molecular weight is 292 g/mol. The van der Waals surface area contributed by atoms with Crippen LogP contribution in [0.1, 0.15) is 32.3 Å². The van der Waals surface area contributed by atoms with E-state index in [4.69, 9.17) is 5.11 Å². The fourth-order valence-corrected chi connectivity index (χ4v) is 1.91. The van der Waals surface area contributed by atoms with Crippen LogP contribution in [0.4, 0.5) is 10.5 Å². The minimum absolute atomic E-state index is 0.0783. The zero-order chi connectivity index (χ0) is 15.8. The van der Waals surface area contributed by atoms with Crippen LogP contribution in [0.25, 0.3) is 0 Å². The van der Waals surface area contributed by atoms with Crippen molar-refractivity contribution in [3.63, 3.8) is 0 Å². The molecule has 1 unspecified atom stereocenters. The molecule has 116 valence electrons. The maximum absolute atomic E-state index is 12.4. The van der Waals surface area contributed by atoms with Gasteiger partial charge < -0.3 is 10.4 Å². The first-order valence-electron chi connectivity index (χ1n) is 7.28. The molecular weight excluding hydrogens is 268 g/mol. The van der Waals surface area contributed by atoms with Gasteiger partial charge in [0, 0.05) is 18.8 Å². The van der Waals surface area contributed by atoms with E-state index >= 15 is 0 Å². The van der Waals surface area contributed by atoms with Gasteiger partial charge in [-0.25, -0.2) is 4.79 Å². The molecule has 0 fully saturated rings. The lowest BCUT2D eigenvalue weighted by atomic mass is 10.1. The molecule has 1 aromatic rings. The maximum Gasteiger partial charge on any atom is 0.321 e. The number of carbonyl (C=O) groups excluding carboxylic acids is 1. The van der Waals surface area contributed by atoms with E-state index in [0.29, 0.717) is 12.5 Å². The van der Waals surface area contributed by atoms with E-state index in [2.05, 4.69) is 19.2 Å². The number of carboxylic acids is 1. The highest BCUT2D eigenvalue weighted by atomic mass is 16.4. The lowest BCUT2D eigenvalue weighted by Gasteiger charge is -2.25. The van der Waals surface area contributed by atoms with Crippen LogP contribution in [-0.4, -0.2) is 30.2 Å². The van der Waals surface area contributed by atoms with Crippen molar-refractivity contribution in [1.29, 1.82) is 0 Å². The second-order valence-electron chi connectivity index (χ2n) is 5.28. The molecule has 21 heavy (non-hydrogen) atoms. The number of carbonyl (C=O) groups is 2. The molecule has 5 heteroatoms. The number of nitrogens with one attached hydrogen (secondary N) is 1. The largest absolute Gasteiger partial charge is 0.481 e. The Bertz CT molecular complexity index is 488. The molecule has 0 aromatic heterocycles. The molecule has 2 amide bonds. The molecule has 0 saturated carbocycles. The van der Waals surface area contributed by atoms with Crippen molar-refractivity contribution >= 4 is 17.7 Å². The second kappa shape index (κ2) is 8.29. The van der Waals surface area contributed by atoms with Gasteiger partial charge in [-0.1, -0.05) is 38.5 Å². The van der Waals surface area contributed by atoms with Crippen molar-refractivity contribution < 1.29 is 14.7 Å². The number of hydrogen-bond donors (Lipinski definition) is 2. The first kappa shape index (κ1) is 17.0.